The fraction of sp³-hybridized carbons (Fsp3) is 0.611. The predicted molar refractivity (Wildman–Crippen MR) is 96.8 cm³/mol. The van der Waals surface area contributed by atoms with Gasteiger partial charge < -0.3 is 20.1 Å². The van der Waals surface area contributed by atoms with Crippen molar-refractivity contribution in [2.24, 2.45) is 5.92 Å². The predicted octanol–water partition coefficient (Wildman–Crippen LogP) is 3.28. The van der Waals surface area contributed by atoms with Crippen LogP contribution in [-0.4, -0.2) is 35.7 Å². The van der Waals surface area contributed by atoms with Crippen molar-refractivity contribution >= 4 is 17.7 Å². The molecule has 1 unspecified atom stereocenters. The second-order valence-corrected chi connectivity index (χ2v) is 7.37. The number of anilines is 1. The van der Waals surface area contributed by atoms with Gasteiger partial charge in [-0.05, 0) is 46.1 Å². The fourth-order valence-electron chi connectivity index (χ4n) is 2.10. The number of pyridine rings is 1. The van der Waals surface area contributed by atoms with E-state index in [9.17, 15) is 9.59 Å². The van der Waals surface area contributed by atoms with Crippen molar-refractivity contribution in [1.29, 1.82) is 0 Å². The van der Waals surface area contributed by atoms with Crippen molar-refractivity contribution in [3.8, 4) is 5.88 Å². The van der Waals surface area contributed by atoms with Crippen LogP contribution in [0.25, 0.3) is 0 Å². The number of ether oxygens (including phenoxy) is 2. The molecule has 7 heteroatoms. The number of hydrogen-bond donors (Lipinski definition) is 2. The lowest BCUT2D eigenvalue weighted by Gasteiger charge is -2.24. The molecule has 2 amide bonds. The first-order valence-electron chi connectivity index (χ1n) is 8.33. The molecule has 0 bridgehead atoms. The van der Waals surface area contributed by atoms with Crippen molar-refractivity contribution < 1.29 is 19.1 Å². The number of nitrogens with one attached hydrogen (secondary N) is 2. The molecule has 0 radical (unpaired) electrons. The highest BCUT2D eigenvalue weighted by atomic mass is 16.6. The van der Waals surface area contributed by atoms with Gasteiger partial charge in [0.05, 0.1) is 18.5 Å². The van der Waals surface area contributed by atoms with E-state index in [4.69, 9.17) is 9.47 Å². The van der Waals surface area contributed by atoms with Crippen molar-refractivity contribution in [1.82, 2.24) is 10.3 Å². The third-order valence-electron chi connectivity index (χ3n) is 3.23. The molecule has 0 aliphatic heterocycles. The van der Waals surface area contributed by atoms with Crippen LogP contribution in [0.3, 0.4) is 0 Å². The molecule has 25 heavy (non-hydrogen) atoms. The molecule has 1 aromatic rings. The molecular formula is C18H29N3O4. The molecule has 0 saturated carbocycles. The summed E-state index contributed by atoms with van der Waals surface area (Å²) in [5, 5.41) is 5.47. The minimum Gasteiger partial charge on any atom is -0.481 e. The van der Waals surface area contributed by atoms with Gasteiger partial charge in [0.25, 0.3) is 5.91 Å². The smallest absolute Gasteiger partial charge is 0.408 e. The van der Waals surface area contributed by atoms with Gasteiger partial charge in [0.2, 0.25) is 5.88 Å². The van der Waals surface area contributed by atoms with E-state index in [0.717, 1.165) is 0 Å². The quantitative estimate of drug-likeness (QED) is 0.821. The Kier molecular flexibility index (Phi) is 7.21. The number of methoxy groups -OCH3 is 1. The third-order valence-corrected chi connectivity index (χ3v) is 3.23. The first-order valence-corrected chi connectivity index (χ1v) is 8.33. The standard InChI is InChI=1S/C18H29N3O4/c1-11(2)10-14(25-17(23)21-18(4,5)6)16(22)20-13-8-9-15(24-7)19-12(13)3/h8-9,11,14H,10H2,1-7H3,(H,20,22)(H,21,23). The number of aryl methyl sites for hydroxylation is 1. The highest BCUT2D eigenvalue weighted by molar-refractivity contribution is 5.95. The SMILES string of the molecule is COc1ccc(NC(=O)C(CC(C)C)OC(=O)NC(C)(C)C)c(C)n1. The lowest BCUT2D eigenvalue weighted by atomic mass is 10.1. The summed E-state index contributed by atoms with van der Waals surface area (Å²) in [5.74, 6) is 0.274. The Labute approximate surface area is 149 Å². The Morgan fingerprint density at radius 3 is 2.36 bits per heavy atom. The lowest BCUT2D eigenvalue weighted by molar-refractivity contribution is -0.125. The van der Waals surface area contributed by atoms with Gasteiger partial charge in [0, 0.05) is 11.6 Å². The molecule has 0 aliphatic rings. The van der Waals surface area contributed by atoms with Crippen LogP contribution in [0.5, 0.6) is 5.88 Å². The Morgan fingerprint density at radius 2 is 1.88 bits per heavy atom. The van der Waals surface area contributed by atoms with Gasteiger partial charge in [-0.1, -0.05) is 13.8 Å². The monoisotopic (exact) mass is 351 g/mol. The topological polar surface area (TPSA) is 89.5 Å². The van der Waals surface area contributed by atoms with E-state index in [-0.39, 0.29) is 11.8 Å². The number of carbonyl (C=O) groups excluding carboxylic acids is 2. The number of hydrogen-bond acceptors (Lipinski definition) is 5. The summed E-state index contributed by atoms with van der Waals surface area (Å²) in [6.45, 7) is 11.2. The van der Waals surface area contributed by atoms with E-state index >= 15 is 0 Å². The second-order valence-electron chi connectivity index (χ2n) is 7.37. The molecule has 140 valence electrons. The number of carbonyl (C=O) groups is 2. The summed E-state index contributed by atoms with van der Waals surface area (Å²) in [7, 11) is 1.53. The maximum atomic E-state index is 12.6. The van der Waals surface area contributed by atoms with E-state index in [0.29, 0.717) is 23.7 Å². The molecule has 0 aliphatic carbocycles. The number of amides is 2. The lowest BCUT2D eigenvalue weighted by Crippen LogP contribution is -2.44. The van der Waals surface area contributed by atoms with E-state index in [1.54, 1.807) is 19.1 Å². The normalized spacial score (nSPS) is 12.5. The van der Waals surface area contributed by atoms with Crippen molar-refractivity contribution in [2.75, 3.05) is 12.4 Å². The van der Waals surface area contributed by atoms with Crippen LogP contribution in [0.2, 0.25) is 0 Å². The minimum absolute atomic E-state index is 0.188. The number of rotatable bonds is 6. The average molecular weight is 351 g/mol. The van der Waals surface area contributed by atoms with Gasteiger partial charge in [-0.2, -0.15) is 0 Å². The first kappa shape index (κ1) is 20.7. The van der Waals surface area contributed by atoms with Crippen LogP contribution in [0.4, 0.5) is 10.5 Å². The molecule has 1 heterocycles. The summed E-state index contributed by atoms with van der Waals surface area (Å²) >= 11 is 0. The minimum atomic E-state index is -0.885. The van der Waals surface area contributed by atoms with Gasteiger partial charge in [-0.25, -0.2) is 9.78 Å². The van der Waals surface area contributed by atoms with Gasteiger partial charge in [0.1, 0.15) is 0 Å². The molecule has 1 atom stereocenters. The summed E-state index contributed by atoms with van der Waals surface area (Å²) < 4.78 is 10.4. The highest BCUT2D eigenvalue weighted by Gasteiger charge is 2.26. The largest absolute Gasteiger partial charge is 0.481 e. The number of aromatic nitrogens is 1. The Morgan fingerprint density at radius 1 is 1.24 bits per heavy atom. The molecule has 0 aromatic carbocycles. The molecular weight excluding hydrogens is 322 g/mol. The van der Waals surface area contributed by atoms with E-state index in [1.165, 1.54) is 7.11 Å². The zero-order chi connectivity index (χ0) is 19.2. The molecule has 0 spiro atoms. The summed E-state index contributed by atoms with van der Waals surface area (Å²) in [6, 6.07) is 3.37. The van der Waals surface area contributed by atoms with Crippen molar-refractivity contribution in [2.45, 2.75) is 59.6 Å². The van der Waals surface area contributed by atoms with Gasteiger partial charge in [0.15, 0.2) is 6.10 Å². The molecule has 2 N–H and O–H groups in total. The number of nitrogens with zero attached hydrogens (tertiary/aromatic N) is 1. The molecule has 1 aromatic heterocycles. The van der Waals surface area contributed by atoms with E-state index in [2.05, 4.69) is 15.6 Å². The average Bonchev–Trinajstić information content (AvgIpc) is 2.46. The Bertz CT molecular complexity index is 609. The van der Waals surface area contributed by atoms with Gasteiger partial charge in [-0.3, -0.25) is 4.79 Å². The van der Waals surface area contributed by atoms with Crippen LogP contribution >= 0.6 is 0 Å². The maximum Gasteiger partial charge on any atom is 0.408 e. The maximum absolute atomic E-state index is 12.6. The van der Waals surface area contributed by atoms with Crippen LogP contribution in [-0.2, 0) is 9.53 Å². The fourth-order valence-corrected chi connectivity index (χ4v) is 2.10. The molecule has 7 nitrogen and oxygen atoms in total. The van der Waals surface area contributed by atoms with Gasteiger partial charge >= 0.3 is 6.09 Å². The van der Waals surface area contributed by atoms with Crippen LogP contribution in [0.15, 0.2) is 12.1 Å². The first-order chi connectivity index (χ1) is 11.5. The molecule has 1 rings (SSSR count). The number of alkyl carbamates (subject to hydrolysis) is 1. The van der Waals surface area contributed by atoms with Crippen molar-refractivity contribution in [3.05, 3.63) is 17.8 Å². The van der Waals surface area contributed by atoms with Crippen molar-refractivity contribution in [3.63, 3.8) is 0 Å². The Hall–Kier alpha value is -2.31. The summed E-state index contributed by atoms with van der Waals surface area (Å²) in [4.78, 5) is 28.8. The van der Waals surface area contributed by atoms with Crippen LogP contribution in [0.1, 0.15) is 46.7 Å². The van der Waals surface area contributed by atoms with Gasteiger partial charge in [-0.15, -0.1) is 0 Å². The van der Waals surface area contributed by atoms with Crippen LogP contribution in [0, 0.1) is 12.8 Å². The zero-order valence-electron chi connectivity index (χ0n) is 16.1. The molecule has 0 saturated heterocycles. The zero-order valence-corrected chi connectivity index (χ0v) is 16.1. The summed E-state index contributed by atoms with van der Waals surface area (Å²) in [6.07, 6.45) is -1.08. The third kappa shape index (κ3) is 7.41. The second kappa shape index (κ2) is 8.69. The summed E-state index contributed by atoms with van der Waals surface area (Å²) in [5.41, 5.74) is 0.737. The van der Waals surface area contributed by atoms with E-state index in [1.807, 2.05) is 34.6 Å². The molecule has 0 fully saturated rings. The highest BCUT2D eigenvalue weighted by Crippen LogP contribution is 2.19. The van der Waals surface area contributed by atoms with E-state index < -0.39 is 17.7 Å². The van der Waals surface area contributed by atoms with Crippen LogP contribution < -0.4 is 15.4 Å². The Balaban J connectivity index is 2.84.